The van der Waals surface area contributed by atoms with E-state index in [0.717, 1.165) is 22.2 Å². The Hall–Kier alpha value is -3.36. The van der Waals surface area contributed by atoms with Crippen molar-refractivity contribution in [1.82, 2.24) is 15.3 Å². The Morgan fingerprint density at radius 3 is 2.54 bits per heavy atom. The first-order valence-electron chi connectivity index (χ1n) is 11.9. The van der Waals surface area contributed by atoms with Crippen LogP contribution >= 0.6 is 23.2 Å². The molecule has 0 spiro atoms. The Balaban J connectivity index is 1.79. The van der Waals surface area contributed by atoms with Crippen molar-refractivity contribution in [2.75, 3.05) is 6.61 Å². The van der Waals surface area contributed by atoms with Gasteiger partial charge in [-0.25, -0.2) is 5.43 Å². The fraction of sp³-hybridized carbons (Fsp3) is 0.333. The third-order valence-corrected chi connectivity index (χ3v) is 6.29. The minimum atomic E-state index is -0.831. The molecule has 196 valence electrons. The number of esters is 1. The zero-order valence-corrected chi connectivity index (χ0v) is 22.7. The molecular formula is C27H30Cl2N4O4. The molecule has 3 rings (SSSR count). The number of nitrogens with one attached hydrogen (secondary N) is 2. The van der Waals surface area contributed by atoms with Crippen LogP contribution in [0.15, 0.2) is 47.6 Å². The number of amides is 2. The molecule has 0 aliphatic rings. The van der Waals surface area contributed by atoms with Crippen molar-refractivity contribution >= 4 is 58.1 Å². The van der Waals surface area contributed by atoms with E-state index in [-0.39, 0.29) is 29.0 Å². The van der Waals surface area contributed by atoms with Crippen LogP contribution in [0.4, 0.5) is 0 Å². The molecule has 1 heterocycles. The second-order valence-electron chi connectivity index (χ2n) is 8.92. The number of para-hydroxylation sites is 1. The molecule has 1 aromatic heterocycles. The van der Waals surface area contributed by atoms with Gasteiger partial charge in [-0.1, -0.05) is 55.2 Å². The zero-order valence-electron chi connectivity index (χ0n) is 21.2. The summed E-state index contributed by atoms with van der Waals surface area (Å²) in [5, 5.41) is 8.40. The molecule has 2 N–H and O–H groups in total. The second kappa shape index (κ2) is 12.7. The number of halogens is 2. The van der Waals surface area contributed by atoms with E-state index < -0.39 is 17.9 Å². The van der Waals surface area contributed by atoms with Crippen LogP contribution in [-0.4, -0.2) is 41.2 Å². The van der Waals surface area contributed by atoms with E-state index >= 15 is 0 Å². The fourth-order valence-corrected chi connectivity index (χ4v) is 4.51. The lowest BCUT2D eigenvalue weighted by Gasteiger charge is -2.19. The zero-order chi connectivity index (χ0) is 27.1. The van der Waals surface area contributed by atoms with Gasteiger partial charge >= 0.3 is 5.97 Å². The van der Waals surface area contributed by atoms with Gasteiger partial charge in [0.15, 0.2) is 0 Å². The van der Waals surface area contributed by atoms with E-state index in [0.29, 0.717) is 18.1 Å². The number of carbonyl (C=O) groups excluding carboxylic acids is 3. The highest BCUT2D eigenvalue weighted by atomic mass is 35.5. The third kappa shape index (κ3) is 7.11. The van der Waals surface area contributed by atoms with Gasteiger partial charge in [0.05, 0.1) is 23.4 Å². The largest absolute Gasteiger partial charge is 0.465 e. The lowest BCUT2D eigenvalue weighted by molar-refractivity contribution is -0.143. The highest BCUT2D eigenvalue weighted by Crippen LogP contribution is 2.25. The number of nitrogens with zero attached hydrogens (tertiary/aromatic N) is 2. The molecule has 0 radical (unpaired) electrons. The van der Waals surface area contributed by atoms with E-state index in [1.807, 2.05) is 49.6 Å². The maximum atomic E-state index is 13.0. The summed E-state index contributed by atoms with van der Waals surface area (Å²) in [6, 6.07) is 11.3. The van der Waals surface area contributed by atoms with E-state index in [9.17, 15) is 14.4 Å². The highest BCUT2D eigenvalue weighted by molar-refractivity contribution is 6.36. The smallest absolute Gasteiger partial charge is 0.325 e. The summed E-state index contributed by atoms with van der Waals surface area (Å²) < 4.78 is 6.96. The molecule has 3 aromatic rings. The van der Waals surface area contributed by atoms with Gasteiger partial charge in [-0.15, -0.1) is 0 Å². The number of hydrogen-bond acceptors (Lipinski definition) is 5. The molecule has 0 saturated carbocycles. The molecule has 2 aromatic carbocycles. The van der Waals surface area contributed by atoms with Crippen molar-refractivity contribution in [3.8, 4) is 0 Å². The SMILES string of the molecule is CCOC(=O)Cn1c(C)c(/C=N\NC(=O)[C@H](CC(C)C)NC(=O)c2ccc(Cl)cc2Cl)c2ccccc21. The van der Waals surface area contributed by atoms with Crippen LogP contribution in [0.25, 0.3) is 10.9 Å². The first-order valence-corrected chi connectivity index (χ1v) is 12.7. The predicted octanol–water partition coefficient (Wildman–Crippen LogP) is 5.11. The molecule has 10 heteroatoms. The Morgan fingerprint density at radius 2 is 1.86 bits per heavy atom. The molecular weight excluding hydrogens is 515 g/mol. The topological polar surface area (TPSA) is 102 Å². The summed E-state index contributed by atoms with van der Waals surface area (Å²) in [6.07, 6.45) is 1.94. The van der Waals surface area contributed by atoms with E-state index in [4.69, 9.17) is 27.9 Å². The summed E-state index contributed by atoms with van der Waals surface area (Å²) in [4.78, 5) is 37.9. The fourth-order valence-electron chi connectivity index (χ4n) is 4.01. The number of fused-ring (bicyclic) bond motifs is 1. The molecule has 1 atom stereocenters. The maximum absolute atomic E-state index is 13.0. The van der Waals surface area contributed by atoms with Crippen molar-refractivity contribution in [2.45, 2.75) is 46.7 Å². The van der Waals surface area contributed by atoms with Crippen molar-refractivity contribution in [2.24, 2.45) is 11.0 Å². The Bertz CT molecular complexity index is 1330. The molecule has 0 saturated heterocycles. The van der Waals surface area contributed by atoms with Crippen LogP contribution in [0.5, 0.6) is 0 Å². The lowest BCUT2D eigenvalue weighted by Crippen LogP contribution is -2.46. The molecule has 0 aliphatic carbocycles. The van der Waals surface area contributed by atoms with Gasteiger partial charge < -0.3 is 14.6 Å². The van der Waals surface area contributed by atoms with Gasteiger partial charge in [-0.2, -0.15) is 5.10 Å². The average Bonchev–Trinajstić information content (AvgIpc) is 3.09. The predicted molar refractivity (Wildman–Crippen MR) is 146 cm³/mol. The number of aromatic nitrogens is 1. The van der Waals surface area contributed by atoms with E-state index in [1.54, 1.807) is 19.2 Å². The number of ether oxygens (including phenoxy) is 1. The molecule has 0 fully saturated rings. The first kappa shape index (κ1) is 28.2. The van der Waals surface area contributed by atoms with Gasteiger partial charge in [-0.05, 0) is 50.5 Å². The molecule has 0 aliphatic heterocycles. The van der Waals surface area contributed by atoms with Crippen LogP contribution in [0.3, 0.4) is 0 Å². The summed E-state index contributed by atoms with van der Waals surface area (Å²) >= 11 is 12.1. The Morgan fingerprint density at radius 1 is 1.14 bits per heavy atom. The van der Waals surface area contributed by atoms with Gasteiger partial charge in [0.2, 0.25) is 0 Å². The van der Waals surface area contributed by atoms with Crippen LogP contribution in [0, 0.1) is 12.8 Å². The molecule has 2 amide bonds. The second-order valence-corrected chi connectivity index (χ2v) is 9.77. The van der Waals surface area contributed by atoms with Gasteiger partial charge in [0.25, 0.3) is 11.8 Å². The number of rotatable bonds is 10. The summed E-state index contributed by atoms with van der Waals surface area (Å²) in [5.41, 5.74) is 5.18. The van der Waals surface area contributed by atoms with Crippen LogP contribution in [0.1, 0.15) is 48.8 Å². The summed E-state index contributed by atoms with van der Waals surface area (Å²) in [7, 11) is 0. The van der Waals surface area contributed by atoms with Crippen molar-refractivity contribution in [3.05, 3.63) is 69.3 Å². The van der Waals surface area contributed by atoms with Crippen molar-refractivity contribution < 1.29 is 19.1 Å². The van der Waals surface area contributed by atoms with E-state index in [1.165, 1.54) is 12.1 Å². The molecule has 0 bridgehead atoms. The molecule has 37 heavy (non-hydrogen) atoms. The average molecular weight is 545 g/mol. The lowest BCUT2D eigenvalue weighted by atomic mass is 10.0. The van der Waals surface area contributed by atoms with Gasteiger partial charge in [-0.3, -0.25) is 14.4 Å². The number of hydrogen-bond donors (Lipinski definition) is 2. The Kier molecular flexibility index (Phi) is 9.72. The van der Waals surface area contributed by atoms with E-state index in [2.05, 4.69) is 15.8 Å². The first-order chi connectivity index (χ1) is 17.6. The summed E-state index contributed by atoms with van der Waals surface area (Å²) in [6.45, 7) is 7.91. The molecule has 0 unspecified atom stereocenters. The number of carbonyl (C=O) groups is 3. The van der Waals surface area contributed by atoms with Gasteiger partial charge in [0, 0.05) is 27.2 Å². The van der Waals surface area contributed by atoms with Crippen molar-refractivity contribution in [3.63, 3.8) is 0 Å². The quantitative estimate of drug-likeness (QED) is 0.210. The Labute approximate surface area is 226 Å². The molecule has 8 nitrogen and oxygen atoms in total. The minimum Gasteiger partial charge on any atom is -0.465 e. The standard InChI is InChI=1S/C27H30Cl2N4O4/c1-5-37-25(34)15-33-17(4)21(19-8-6-7-9-24(19)33)14-30-32-27(36)23(12-16(2)3)31-26(35)20-11-10-18(28)13-22(20)29/h6-11,13-14,16,23H,5,12,15H2,1-4H3,(H,31,35)(H,32,36)/b30-14-/t23-/m0/s1. The number of hydrazone groups is 1. The van der Waals surface area contributed by atoms with Crippen LogP contribution in [-0.2, 0) is 20.9 Å². The van der Waals surface area contributed by atoms with Gasteiger partial charge in [0.1, 0.15) is 12.6 Å². The highest BCUT2D eigenvalue weighted by Gasteiger charge is 2.24. The summed E-state index contributed by atoms with van der Waals surface area (Å²) in [5.74, 6) is -1.15. The minimum absolute atomic E-state index is 0.0656. The van der Waals surface area contributed by atoms with Crippen molar-refractivity contribution in [1.29, 1.82) is 0 Å². The van der Waals surface area contributed by atoms with Crippen LogP contribution in [0.2, 0.25) is 10.0 Å². The third-order valence-electron chi connectivity index (χ3n) is 5.75. The monoisotopic (exact) mass is 544 g/mol. The van der Waals surface area contributed by atoms with Crippen LogP contribution < -0.4 is 10.7 Å². The number of benzene rings is 2. The maximum Gasteiger partial charge on any atom is 0.325 e. The normalized spacial score (nSPS) is 12.2.